The highest BCUT2D eigenvalue weighted by molar-refractivity contribution is 7.97. The molecule has 3 heterocycles. The Hall–Kier alpha value is -1.99. The van der Waals surface area contributed by atoms with Gasteiger partial charge in [-0.25, -0.2) is 18.7 Å². The van der Waals surface area contributed by atoms with Crippen LogP contribution in [0.4, 0.5) is 0 Å². The second-order valence-corrected chi connectivity index (χ2v) is 5.90. The number of aliphatic hydroxyl groups excluding tert-OH is 3. The Balaban J connectivity index is 2.01. The van der Waals surface area contributed by atoms with Gasteiger partial charge in [0.05, 0.1) is 6.33 Å². The number of aliphatic carboxylic acids is 1. The van der Waals surface area contributed by atoms with E-state index in [0.717, 1.165) is 11.9 Å². The van der Waals surface area contributed by atoms with E-state index in [9.17, 15) is 24.9 Å². The SMILES string of the molecule is CSn1cnc2c(ncn2[C@@H]2O[C@H](C(O)C(=O)O)[C@@H](O)[C@H]2O)c1=O. The summed E-state index contributed by atoms with van der Waals surface area (Å²) in [6, 6.07) is 0. The molecule has 0 saturated carbocycles. The second kappa shape index (κ2) is 6.14. The molecule has 1 unspecified atom stereocenters. The fourth-order valence-corrected chi connectivity index (χ4v) is 2.92. The fraction of sp³-hybridized carbons (Fsp3) is 0.500. The van der Waals surface area contributed by atoms with Crippen molar-refractivity contribution in [3.63, 3.8) is 0 Å². The van der Waals surface area contributed by atoms with Gasteiger partial charge in [-0.15, -0.1) is 0 Å². The van der Waals surface area contributed by atoms with Crippen molar-refractivity contribution in [3.8, 4) is 0 Å². The fourth-order valence-electron chi connectivity index (χ4n) is 2.53. The summed E-state index contributed by atoms with van der Waals surface area (Å²) in [6.07, 6.45) is -3.82. The number of rotatable bonds is 4. The van der Waals surface area contributed by atoms with Gasteiger partial charge in [0, 0.05) is 6.26 Å². The van der Waals surface area contributed by atoms with Gasteiger partial charge < -0.3 is 25.2 Å². The number of carbonyl (C=O) groups is 1. The lowest BCUT2D eigenvalue weighted by molar-refractivity contribution is -0.160. The number of imidazole rings is 1. The molecule has 2 aromatic rings. The molecule has 1 saturated heterocycles. The van der Waals surface area contributed by atoms with Crippen molar-refractivity contribution in [1.82, 2.24) is 18.5 Å². The molecule has 2 aromatic heterocycles. The summed E-state index contributed by atoms with van der Waals surface area (Å²) in [7, 11) is 0. The first kappa shape index (κ1) is 16.9. The molecule has 130 valence electrons. The molecule has 0 aliphatic carbocycles. The molecule has 1 aliphatic rings. The van der Waals surface area contributed by atoms with Gasteiger partial charge in [-0.1, -0.05) is 0 Å². The van der Waals surface area contributed by atoms with Crippen molar-refractivity contribution < 1.29 is 30.0 Å². The van der Waals surface area contributed by atoms with Gasteiger partial charge in [-0.3, -0.25) is 9.36 Å². The molecule has 4 N–H and O–H groups in total. The zero-order valence-corrected chi connectivity index (χ0v) is 13.1. The van der Waals surface area contributed by atoms with E-state index in [1.165, 1.54) is 21.2 Å². The first-order valence-electron chi connectivity index (χ1n) is 6.78. The van der Waals surface area contributed by atoms with Crippen LogP contribution in [0.15, 0.2) is 17.4 Å². The number of carboxylic acid groups (broad SMARTS) is 1. The predicted molar refractivity (Wildman–Crippen MR) is 80.3 cm³/mol. The van der Waals surface area contributed by atoms with Crippen molar-refractivity contribution in [1.29, 1.82) is 0 Å². The number of hydrogen-bond donors (Lipinski definition) is 4. The molecule has 0 amide bonds. The van der Waals surface area contributed by atoms with E-state index in [1.807, 2.05) is 0 Å². The summed E-state index contributed by atoms with van der Waals surface area (Å²) in [4.78, 5) is 31.0. The maximum absolute atomic E-state index is 12.2. The number of carboxylic acids is 1. The Morgan fingerprint density at radius 3 is 2.67 bits per heavy atom. The van der Waals surface area contributed by atoms with Crippen LogP contribution >= 0.6 is 11.9 Å². The molecule has 12 heteroatoms. The summed E-state index contributed by atoms with van der Waals surface area (Å²) in [5.74, 6) is -1.59. The Kier molecular flexibility index (Phi) is 4.31. The molecule has 24 heavy (non-hydrogen) atoms. The first-order chi connectivity index (χ1) is 11.4. The van der Waals surface area contributed by atoms with Crippen LogP contribution in [0.1, 0.15) is 6.23 Å². The monoisotopic (exact) mass is 358 g/mol. The van der Waals surface area contributed by atoms with Gasteiger partial charge in [0.25, 0.3) is 5.56 Å². The number of aromatic nitrogens is 4. The van der Waals surface area contributed by atoms with E-state index in [0.29, 0.717) is 0 Å². The standard InChI is InChI=1S/C12H14N4O7S/c1-24-16-3-14-9-4(10(16)20)13-2-15(9)11-6(18)5(17)8(23-11)7(19)12(21)22/h2-3,5-8,11,17-19H,1H3,(H,21,22)/t5-,6+,7?,8-,11+/m0/s1. The number of fused-ring (bicyclic) bond motifs is 1. The Morgan fingerprint density at radius 1 is 1.33 bits per heavy atom. The Labute approximate surface area is 138 Å². The van der Waals surface area contributed by atoms with Gasteiger partial charge in [-0.05, 0) is 11.9 Å². The molecule has 0 radical (unpaired) electrons. The van der Waals surface area contributed by atoms with Crippen LogP contribution in [0, 0.1) is 0 Å². The third-order valence-corrected chi connectivity index (χ3v) is 4.42. The van der Waals surface area contributed by atoms with Crippen LogP contribution in [0.5, 0.6) is 0 Å². The highest BCUT2D eigenvalue weighted by Gasteiger charge is 2.49. The lowest BCUT2D eigenvalue weighted by Crippen LogP contribution is -2.42. The van der Waals surface area contributed by atoms with E-state index in [-0.39, 0.29) is 11.2 Å². The average molecular weight is 358 g/mol. The average Bonchev–Trinajstić information content (AvgIpc) is 3.10. The largest absolute Gasteiger partial charge is 0.479 e. The molecule has 1 aliphatic heterocycles. The summed E-state index contributed by atoms with van der Waals surface area (Å²) in [5.41, 5.74) is -0.284. The van der Waals surface area contributed by atoms with Crippen LogP contribution < -0.4 is 5.56 Å². The van der Waals surface area contributed by atoms with Gasteiger partial charge in [-0.2, -0.15) is 0 Å². The summed E-state index contributed by atoms with van der Waals surface area (Å²) >= 11 is 1.13. The maximum atomic E-state index is 12.2. The zero-order chi connectivity index (χ0) is 17.6. The molecule has 11 nitrogen and oxygen atoms in total. The van der Waals surface area contributed by atoms with Gasteiger partial charge in [0.1, 0.15) is 24.6 Å². The number of aliphatic hydroxyl groups is 3. The van der Waals surface area contributed by atoms with Crippen molar-refractivity contribution in [2.75, 3.05) is 6.26 Å². The van der Waals surface area contributed by atoms with Crippen LogP contribution in [-0.4, -0.2) is 75.6 Å². The first-order valence-corrected chi connectivity index (χ1v) is 7.96. The van der Waals surface area contributed by atoms with E-state index < -0.39 is 42.2 Å². The van der Waals surface area contributed by atoms with E-state index in [4.69, 9.17) is 9.84 Å². The maximum Gasteiger partial charge on any atom is 0.335 e. The third-order valence-electron chi connectivity index (χ3n) is 3.77. The van der Waals surface area contributed by atoms with Crippen LogP contribution in [0.2, 0.25) is 0 Å². The minimum atomic E-state index is -2.02. The van der Waals surface area contributed by atoms with Crippen molar-refractivity contribution in [3.05, 3.63) is 23.0 Å². The second-order valence-electron chi connectivity index (χ2n) is 5.14. The van der Waals surface area contributed by atoms with Crippen LogP contribution in [0.3, 0.4) is 0 Å². The van der Waals surface area contributed by atoms with E-state index in [2.05, 4.69) is 9.97 Å². The quantitative estimate of drug-likeness (QED) is 0.471. The summed E-state index contributed by atoms with van der Waals surface area (Å²) in [6.45, 7) is 0. The van der Waals surface area contributed by atoms with E-state index in [1.54, 1.807) is 6.26 Å². The molecule has 0 spiro atoms. The van der Waals surface area contributed by atoms with Crippen molar-refractivity contribution >= 4 is 29.1 Å². The summed E-state index contributed by atoms with van der Waals surface area (Å²) in [5, 5.41) is 38.4. The van der Waals surface area contributed by atoms with E-state index >= 15 is 0 Å². The highest BCUT2D eigenvalue weighted by atomic mass is 32.2. The zero-order valence-electron chi connectivity index (χ0n) is 12.3. The lowest BCUT2D eigenvalue weighted by Gasteiger charge is -2.17. The minimum absolute atomic E-state index is 0.0272. The van der Waals surface area contributed by atoms with Crippen molar-refractivity contribution in [2.24, 2.45) is 0 Å². The molecule has 3 rings (SSSR count). The lowest BCUT2D eigenvalue weighted by atomic mass is 10.1. The van der Waals surface area contributed by atoms with Crippen LogP contribution in [-0.2, 0) is 9.53 Å². The molecule has 1 fully saturated rings. The summed E-state index contributed by atoms with van der Waals surface area (Å²) < 4.78 is 7.77. The third kappa shape index (κ3) is 2.48. The predicted octanol–water partition coefficient (Wildman–Crippen LogP) is -2.22. The molecule has 5 atom stereocenters. The molecular weight excluding hydrogens is 344 g/mol. The van der Waals surface area contributed by atoms with Crippen LogP contribution in [0.25, 0.3) is 11.2 Å². The number of hydrogen-bond acceptors (Lipinski definition) is 9. The molecular formula is C12H14N4O7S. The number of ether oxygens (including phenoxy) is 1. The molecule has 0 aromatic carbocycles. The van der Waals surface area contributed by atoms with Gasteiger partial charge in [0.15, 0.2) is 23.5 Å². The minimum Gasteiger partial charge on any atom is -0.479 e. The van der Waals surface area contributed by atoms with Crippen molar-refractivity contribution in [2.45, 2.75) is 30.6 Å². The topological polar surface area (TPSA) is 160 Å². The van der Waals surface area contributed by atoms with Gasteiger partial charge >= 0.3 is 5.97 Å². The Morgan fingerprint density at radius 2 is 2.04 bits per heavy atom. The smallest absolute Gasteiger partial charge is 0.335 e. The molecule has 0 bridgehead atoms. The normalized spacial score (nSPS) is 28.3. The van der Waals surface area contributed by atoms with Gasteiger partial charge in [0.2, 0.25) is 0 Å². The number of nitrogens with zero attached hydrogens (tertiary/aromatic N) is 4. The Bertz CT molecular complexity index is 836. The highest BCUT2D eigenvalue weighted by Crippen LogP contribution is 2.32.